The molecule has 9 heteroatoms. The number of esters is 1. The summed E-state index contributed by atoms with van der Waals surface area (Å²) in [4.78, 5) is 14.8. The highest BCUT2D eigenvalue weighted by molar-refractivity contribution is 5.69. The number of hydrogen-bond acceptors (Lipinski definition) is 3. The molecule has 232 valence electrons. The van der Waals surface area contributed by atoms with E-state index in [1.54, 1.807) is 19.1 Å². The molecule has 4 rings (SSSR count). The van der Waals surface area contributed by atoms with Crippen molar-refractivity contribution in [3.8, 4) is 0 Å². The molecular formula is C32H45F6NO2. The van der Waals surface area contributed by atoms with E-state index in [-0.39, 0.29) is 49.2 Å². The van der Waals surface area contributed by atoms with Crippen molar-refractivity contribution in [1.82, 2.24) is 4.90 Å². The van der Waals surface area contributed by atoms with Crippen molar-refractivity contribution in [1.29, 1.82) is 0 Å². The number of benzene rings is 1. The first-order valence-corrected chi connectivity index (χ1v) is 15.6. The lowest BCUT2D eigenvalue weighted by Crippen LogP contribution is -2.50. The Hall–Kier alpha value is -1.77. The zero-order valence-electron chi connectivity index (χ0n) is 24.1. The lowest BCUT2D eigenvalue weighted by molar-refractivity contribution is -0.185. The number of ether oxygens (including phenoxy) is 1. The Morgan fingerprint density at radius 3 is 2.10 bits per heavy atom. The van der Waals surface area contributed by atoms with Crippen LogP contribution in [-0.4, -0.2) is 42.3 Å². The molecule has 0 aliphatic heterocycles. The molecule has 0 bridgehead atoms. The van der Waals surface area contributed by atoms with E-state index in [1.807, 2.05) is 0 Å². The van der Waals surface area contributed by atoms with Gasteiger partial charge < -0.3 is 4.74 Å². The summed E-state index contributed by atoms with van der Waals surface area (Å²) >= 11 is 0. The molecule has 0 spiro atoms. The lowest BCUT2D eigenvalue weighted by Gasteiger charge is -2.48. The molecule has 3 atom stereocenters. The Bertz CT molecular complexity index is 948. The minimum absolute atomic E-state index is 0.0150. The molecule has 0 unspecified atom stereocenters. The van der Waals surface area contributed by atoms with Crippen molar-refractivity contribution in [3.05, 3.63) is 35.4 Å². The van der Waals surface area contributed by atoms with Crippen LogP contribution in [0.2, 0.25) is 0 Å². The molecule has 41 heavy (non-hydrogen) atoms. The van der Waals surface area contributed by atoms with Gasteiger partial charge in [-0.15, -0.1) is 0 Å². The summed E-state index contributed by atoms with van der Waals surface area (Å²) in [5.74, 6) is -0.954. The van der Waals surface area contributed by atoms with Crippen molar-refractivity contribution >= 4 is 5.97 Å². The summed E-state index contributed by atoms with van der Waals surface area (Å²) in [6.45, 7) is 2.86. The zero-order valence-corrected chi connectivity index (χ0v) is 24.1. The van der Waals surface area contributed by atoms with Crippen LogP contribution in [0.15, 0.2) is 24.3 Å². The lowest BCUT2D eigenvalue weighted by atomic mass is 9.71. The summed E-state index contributed by atoms with van der Waals surface area (Å²) < 4.78 is 85.7. The molecule has 3 fully saturated rings. The molecule has 1 aromatic rings. The second-order valence-corrected chi connectivity index (χ2v) is 12.6. The summed E-state index contributed by atoms with van der Waals surface area (Å²) in [5, 5.41) is 0. The molecule has 3 saturated carbocycles. The first kappa shape index (κ1) is 32.2. The molecule has 0 saturated heterocycles. The van der Waals surface area contributed by atoms with Gasteiger partial charge in [-0.1, -0.05) is 44.2 Å². The van der Waals surface area contributed by atoms with Crippen LogP contribution in [-0.2, 0) is 15.7 Å². The third-order valence-corrected chi connectivity index (χ3v) is 9.92. The molecular weight excluding hydrogens is 544 g/mol. The first-order valence-electron chi connectivity index (χ1n) is 15.6. The largest absolute Gasteiger partial charge is 0.466 e. The van der Waals surface area contributed by atoms with Crippen molar-refractivity contribution in [3.63, 3.8) is 0 Å². The molecule has 0 amide bonds. The average Bonchev–Trinajstić information content (AvgIpc) is 2.94. The Balaban J connectivity index is 1.59. The summed E-state index contributed by atoms with van der Waals surface area (Å²) in [7, 11) is 0. The van der Waals surface area contributed by atoms with Gasteiger partial charge in [0.15, 0.2) is 0 Å². The van der Waals surface area contributed by atoms with E-state index in [0.717, 1.165) is 43.5 Å². The Kier molecular flexibility index (Phi) is 11.1. The van der Waals surface area contributed by atoms with Crippen LogP contribution >= 0.6 is 0 Å². The van der Waals surface area contributed by atoms with Gasteiger partial charge in [-0.3, -0.25) is 9.69 Å². The predicted molar refractivity (Wildman–Crippen MR) is 146 cm³/mol. The Morgan fingerprint density at radius 1 is 0.854 bits per heavy atom. The van der Waals surface area contributed by atoms with Crippen LogP contribution in [0.3, 0.4) is 0 Å². The average molecular weight is 590 g/mol. The Morgan fingerprint density at radius 2 is 1.51 bits per heavy atom. The van der Waals surface area contributed by atoms with E-state index < -0.39 is 23.8 Å². The van der Waals surface area contributed by atoms with E-state index in [9.17, 15) is 31.1 Å². The summed E-state index contributed by atoms with van der Waals surface area (Å²) in [6, 6.07) is 5.42. The van der Waals surface area contributed by atoms with Gasteiger partial charge in [0.2, 0.25) is 0 Å². The van der Waals surface area contributed by atoms with E-state index >= 15 is 0 Å². The first-order chi connectivity index (χ1) is 19.5. The predicted octanol–water partition coefficient (Wildman–Crippen LogP) is 9.30. The standard InChI is InChI=1S/C32H45F6NO2/c1-2-41-30(40)21-23-8-17-29(28(20-23)24-9-11-25(12-10-24)31(33,34)35)39(19-18-22-6-4-3-5-7-22)27-15-13-26(14-16-27)32(36,37)38/h9-12,22-23,26-29H,2-8,13-21H2,1H3/t23-,26?,27?,28+,29-/m1/s1. The van der Waals surface area contributed by atoms with Crippen LogP contribution in [0.1, 0.15) is 114 Å². The molecule has 3 aliphatic rings. The van der Waals surface area contributed by atoms with Crippen molar-refractivity contribution in [2.24, 2.45) is 17.8 Å². The number of alkyl halides is 6. The molecule has 0 heterocycles. The number of rotatable bonds is 9. The number of halogens is 6. The van der Waals surface area contributed by atoms with Crippen LogP contribution in [0.25, 0.3) is 0 Å². The number of nitrogens with zero attached hydrogens (tertiary/aromatic N) is 1. The zero-order chi connectivity index (χ0) is 29.6. The minimum Gasteiger partial charge on any atom is -0.466 e. The summed E-state index contributed by atoms with van der Waals surface area (Å²) in [5.41, 5.74) is 0.111. The highest BCUT2D eigenvalue weighted by atomic mass is 19.4. The highest BCUT2D eigenvalue weighted by Gasteiger charge is 2.45. The fraction of sp³-hybridized carbons (Fsp3) is 0.781. The number of carbonyl (C=O) groups is 1. The maximum Gasteiger partial charge on any atom is 0.416 e. The smallest absolute Gasteiger partial charge is 0.416 e. The van der Waals surface area contributed by atoms with Crippen LogP contribution < -0.4 is 0 Å². The van der Waals surface area contributed by atoms with Crippen molar-refractivity contribution < 1.29 is 35.9 Å². The fourth-order valence-corrected chi connectivity index (χ4v) is 7.72. The van der Waals surface area contributed by atoms with E-state index in [4.69, 9.17) is 4.74 Å². The fourth-order valence-electron chi connectivity index (χ4n) is 7.72. The van der Waals surface area contributed by atoms with Gasteiger partial charge in [-0.2, -0.15) is 26.3 Å². The van der Waals surface area contributed by atoms with E-state index in [2.05, 4.69) is 4.90 Å². The number of hydrogen-bond donors (Lipinski definition) is 0. The van der Waals surface area contributed by atoms with E-state index in [0.29, 0.717) is 31.8 Å². The van der Waals surface area contributed by atoms with Crippen LogP contribution in [0.4, 0.5) is 26.3 Å². The SMILES string of the molecule is CCOC(=O)C[C@@H]1CC[C@@H](N(CCC2CCCCC2)C2CCC(C(F)(F)F)CC2)[C@H](c2ccc(C(F)(F)F)cc2)C1. The molecule has 3 nitrogen and oxygen atoms in total. The van der Waals surface area contributed by atoms with Crippen molar-refractivity contribution in [2.45, 2.75) is 127 Å². The van der Waals surface area contributed by atoms with Crippen LogP contribution in [0, 0.1) is 17.8 Å². The third-order valence-electron chi connectivity index (χ3n) is 9.92. The summed E-state index contributed by atoms with van der Waals surface area (Å²) in [6.07, 6.45) is 2.13. The monoisotopic (exact) mass is 589 g/mol. The van der Waals surface area contributed by atoms with Gasteiger partial charge in [0, 0.05) is 18.5 Å². The number of carbonyl (C=O) groups excluding carboxylic acids is 1. The van der Waals surface area contributed by atoms with Crippen molar-refractivity contribution in [2.75, 3.05) is 13.2 Å². The quantitative estimate of drug-likeness (QED) is 0.212. The van der Waals surface area contributed by atoms with Crippen LogP contribution in [0.5, 0.6) is 0 Å². The van der Waals surface area contributed by atoms with Gasteiger partial charge in [-0.05, 0) is 100 Å². The maximum absolute atomic E-state index is 13.5. The molecule has 0 radical (unpaired) electrons. The van der Waals surface area contributed by atoms with Gasteiger partial charge in [-0.25, -0.2) is 0 Å². The Labute approximate surface area is 240 Å². The highest BCUT2D eigenvalue weighted by Crippen LogP contribution is 2.45. The van der Waals surface area contributed by atoms with Gasteiger partial charge in [0.1, 0.15) is 0 Å². The molecule has 3 aliphatic carbocycles. The van der Waals surface area contributed by atoms with Gasteiger partial charge >= 0.3 is 18.3 Å². The second kappa shape index (κ2) is 14.1. The molecule has 0 N–H and O–H groups in total. The van der Waals surface area contributed by atoms with Gasteiger partial charge in [0.05, 0.1) is 18.1 Å². The minimum atomic E-state index is -4.43. The maximum atomic E-state index is 13.5. The molecule has 1 aromatic carbocycles. The third kappa shape index (κ3) is 8.87. The topological polar surface area (TPSA) is 29.5 Å². The van der Waals surface area contributed by atoms with E-state index in [1.165, 1.54) is 32.1 Å². The van der Waals surface area contributed by atoms with Gasteiger partial charge in [0.25, 0.3) is 0 Å². The normalized spacial score (nSPS) is 28.5. The second-order valence-electron chi connectivity index (χ2n) is 12.6. The molecule has 0 aromatic heterocycles.